The molecule has 0 radical (unpaired) electrons. The Kier molecular flexibility index (Phi) is 4.89. The third-order valence-corrected chi connectivity index (χ3v) is 3.67. The summed E-state index contributed by atoms with van der Waals surface area (Å²) in [6.07, 6.45) is 3.24. The Balaban J connectivity index is 2.15. The van der Waals surface area contributed by atoms with Crippen molar-refractivity contribution in [2.24, 2.45) is 0 Å². The van der Waals surface area contributed by atoms with Gasteiger partial charge in [0.05, 0.1) is 7.11 Å². The van der Waals surface area contributed by atoms with Crippen LogP contribution in [0.2, 0.25) is 0 Å². The minimum absolute atomic E-state index is 0.0579. The zero-order valence-corrected chi connectivity index (χ0v) is 14.0. The van der Waals surface area contributed by atoms with E-state index in [1.165, 1.54) is 18.7 Å². The molecule has 0 aliphatic carbocycles. The second-order valence-electron chi connectivity index (χ2n) is 6.46. The van der Waals surface area contributed by atoms with Crippen molar-refractivity contribution < 1.29 is 14.6 Å². The Morgan fingerprint density at radius 1 is 1.09 bits per heavy atom. The van der Waals surface area contributed by atoms with Crippen LogP contribution in [0.25, 0.3) is 6.08 Å². The fourth-order valence-corrected chi connectivity index (χ4v) is 2.20. The second kappa shape index (κ2) is 6.69. The van der Waals surface area contributed by atoms with Gasteiger partial charge < -0.3 is 9.84 Å². The molecule has 120 valence electrons. The molecule has 0 atom stereocenters. The maximum absolute atomic E-state index is 12.2. The van der Waals surface area contributed by atoms with Crippen LogP contribution in [0.1, 0.15) is 42.3 Å². The molecule has 3 nitrogen and oxygen atoms in total. The summed E-state index contributed by atoms with van der Waals surface area (Å²) in [4.78, 5) is 12.2. The first-order chi connectivity index (χ1) is 10.8. The Hall–Kier alpha value is -2.55. The number of carbonyl (C=O) groups excluding carboxylic acids is 1. The fraction of sp³-hybridized carbons (Fsp3) is 0.250. The number of hydrogen-bond donors (Lipinski definition) is 1. The van der Waals surface area contributed by atoms with Crippen LogP contribution in [0.15, 0.2) is 48.5 Å². The summed E-state index contributed by atoms with van der Waals surface area (Å²) in [7, 11) is 1.49. The van der Waals surface area contributed by atoms with Crippen molar-refractivity contribution in [3.63, 3.8) is 0 Å². The molecule has 2 aromatic carbocycles. The zero-order chi connectivity index (χ0) is 17.0. The third kappa shape index (κ3) is 4.22. The molecule has 1 N–H and O–H groups in total. The number of methoxy groups -OCH3 is 1. The zero-order valence-electron chi connectivity index (χ0n) is 14.0. The molecule has 0 heterocycles. The van der Waals surface area contributed by atoms with E-state index in [0.29, 0.717) is 11.3 Å². The largest absolute Gasteiger partial charge is 0.504 e. The lowest BCUT2D eigenvalue weighted by atomic mass is 9.86. The van der Waals surface area contributed by atoms with E-state index >= 15 is 0 Å². The summed E-state index contributed by atoms with van der Waals surface area (Å²) in [5, 5.41) is 9.57. The van der Waals surface area contributed by atoms with Gasteiger partial charge in [-0.1, -0.05) is 57.2 Å². The molecule has 2 aromatic rings. The minimum atomic E-state index is -0.0579. The summed E-state index contributed by atoms with van der Waals surface area (Å²) < 4.78 is 5.05. The molecule has 0 unspecified atom stereocenters. The number of ether oxygens (including phenoxy) is 1. The van der Waals surface area contributed by atoms with Gasteiger partial charge >= 0.3 is 0 Å². The molecular formula is C20H22O3. The van der Waals surface area contributed by atoms with Crippen LogP contribution < -0.4 is 4.74 Å². The van der Waals surface area contributed by atoms with Gasteiger partial charge in [-0.15, -0.1) is 0 Å². The van der Waals surface area contributed by atoms with Crippen molar-refractivity contribution in [1.29, 1.82) is 0 Å². The molecule has 0 aliphatic rings. The highest BCUT2D eigenvalue weighted by Gasteiger charge is 2.13. The van der Waals surface area contributed by atoms with E-state index in [4.69, 9.17) is 4.74 Å². The van der Waals surface area contributed by atoms with Gasteiger partial charge in [0.2, 0.25) is 0 Å². The summed E-state index contributed by atoms with van der Waals surface area (Å²) in [6, 6.07) is 12.6. The van der Waals surface area contributed by atoms with Crippen molar-refractivity contribution >= 4 is 11.9 Å². The van der Waals surface area contributed by atoms with Gasteiger partial charge in [0.1, 0.15) is 0 Å². The third-order valence-electron chi connectivity index (χ3n) is 3.67. The number of phenolic OH excluding ortho intramolecular Hbond substituents is 1. The normalized spacial score (nSPS) is 11.7. The Labute approximate surface area is 137 Å². The van der Waals surface area contributed by atoms with Crippen LogP contribution in [0, 0.1) is 0 Å². The predicted molar refractivity (Wildman–Crippen MR) is 93.2 cm³/mol. The van der Waals surface area contributed by atoms with E-state index in [0.717, 1.165) is 5.56 Å². The van der Waals surface area contributed by atoms with Crippen molar-refractivity contribution in [3.8, 4) is 11.5 Å². The number of hydrogen-bond acceptors (Lipinski definition) is 3. The topological polar surface area (TPSA) is 46.5 Å². The standard InChI is InChI=1S/C20H22O3/c1-20(2,3)16-9-7-15(8-10-16)17(21)11-5-14-6-12-18(22)19(13-14)23-4/h5-13,22H,1-4H3/b11-5+. The SMILES string of the molecule is COc1cc(/C=C/C(=O)c2ccc(C(C)(C)C)cc2)ccc1O. The van der Waals surface area contributed by atoms with Crippen LogP contribution in [0.3, 0.4) is 0 Å². The van der Waals surface area contributed by atoms with E-state index in [1.54, 1.807) is 24.3 Å². The number of phenols is 1. The van der Waals surface area contributed by atoms with Crippen LogP contribution >= 0.6 is 0 Å². The molecule has 0 amide bonds. The van der Waals surface area contributed by atoms with Gasteiger partial charge in [0.15, 0.2) is 17.3 Å². The van der Waals surface area contributed by atoms with Crippen LogP contribution in [0.5, 0.6) is 11.5 Å². The lowest BCUT2D eigenvalue weighted by Crippen LogP contribution is -2.11. The molecular weight excluding hydrogens is 288 g/mol. The van der Waals surface area contributed by atoms with Gasteiger partial charge in [0.25, 0.3) is 0 Å². The number of allylic oxidation sites excluding steroid dienone is 1. The highest BCUT2D eigenvalue weighted by molar-refractivity contribution is 6.06. The van der Waals surface area contributed by atoms with Gasteiger partial charge in [-0.2, -0.15) is 0 Å². The first-order valence-corrected chi connectivity index (χ1v) is 7.51. The van der Waals surface area contributed by atoms with E-state index in [2.05, 4.69) is 20.8 Å². The predicted octanol–water partition coefficient (Wildman–Crippen LogP) is 4.59. The Morgan fingerprint density at radius 3 is 2.30 bits per heavy atom. The first-order valence-electron chi connectivity index (χ1n) is 7.51. The Morgan fingerprint density at radius 2 is 1.74 bits per heavy atom. The van der Waals surface area contributed by atoms with Gasteiger partial charge in [-0.3, -0.25) is 4.79 Å². The summed E-state index contributed by atoms with van der Waals surface area (Å²) in [6.45, 7) is 6.42. The Bertz CT molecular complexity index is 720. The summed E-state index contributed by atoms with van der Waals surface area (Å²) in [5.41, 5.74) is 2.71. The molecule has 0 saturated carbocycles. The van der Waals surface area contributed by atoms with Crippen molar-refractivity contribution in [2.45, 2.75) is 26.2 Å². The number of ketones is 1. The van der Waals surface area contributed by atoms with Gasteiger partial charge in [-0.05, 0) is 34.8 Å². The highest BCUT2D eigenvalue weighted by Crippen LogP contribution is 2.27. The van der Waals surface area contributed by atoms with E-state index in [-0.39, 0.29) is 16.9 Å². The molecule has 0 aliphatic heterocycles. The number of aromatic hydroxyl groups is 1. The second-order valence-corrected chi connectivity index (χ2v) is 6.46. The van der Waals surface area contributed by atoms with Crippen LogP contribution in [-0.2, 0) is 5.41 Å². The number of rotatable bonds is 4. The molecule has 0 aromatic heterocycles. The average Bonchev–Trinajstić information content (AvgIpc) is 2.53. The van der Waals surface area contributed by atoms with Gasteiger partial charge in [0, 0.05) is 5.56 Å². The molecule has 23 heavy (non-hydrogen) atoms. The van der Waals surface area contributed by atoms with E-state index in [1.807, 2.05) is 24.3 Å². The quantitative estimate of drug-likeness (QED) is 0.663. The molecule has 3 heteroatoms. The average molecular weight is 310 g/mol. The fourth-order valence-electron chi connectivity index (χ4n) is 2.20. The smallest absolute Gasteiger partial charge is 0.185 e. The monoisotopic (exact) mass is 310 g/mol. The van der Waals surface area contributed by atoms with Crippen LogP contribution in [0.4, 0.5) is 0 Å². The van der Waals surface area contributed by atoms with Crippen LogP contribution in [-0.4, -0.2) is 18.0 Å². The first kappa shape index (κ1) is 16.8. The molecule has 0 spiro atoms. The van der Waals surface area contributed by atoms with Crippen molar-refractivity contribution in [2.75, 3.05) is 7.11 Å². The van der Waals surface area contributed by atoms with E-state index in [9.17, 15) is 9.90 Å². The highest BCUT2D eigenvalue weighted by atomic mass is 16.5. The maximum Gasteiger partial charge on any atom is 0.185 e. The summed E-state index contributed by atoms with van der Waals surface area (Å²) in [5.74, 6) is 0.403. The molecule has 0 fully saturated rings. The lowest BCUT2D eigenvalue weighted by Gasteiger charge is -2.18. The maximum atomic E-state index is 12.2. The van der Waals surface area contributed by atoms with Crippen molar-refractivity contribution in [3.05, 3.63) is 65.2 Å². The molecule has 2 rings (SSSR count). The number of carbonyl (C=O) groups is 1. The number of benzene rings is 2. The van der Waals surface area contributed by atoms with Gasteiger partial charge in [-0.25, -0.2) is 0 Å². The molecule has 0 bridgehead atoms. The summed E-state index contributed by atoms with van der Waals surface area (Å²) >= 11 is 0. The molecule has 0 saturated heterocycles. The van der Waals surface area contributed by atoms with Crippen molar-refractivity contribution in [1.82, 2.24) is 0 Å². The van der Waals surface area contributed by atoms with E-state index < -0.39 is 0 Å². The lowest BCUT2D eigenvalue weighted by molar-refractivity contribution is 0.104. The minimum Gasteiger partial charge on any atom is -0.504 e.